The Morgan fingerprint density at radius 1 is 0.556 bits per heavy atom. The molecule has 0 saturated carbocycles. The van der Waals surface area contributed by atoms with Gasteiger partial charge in [0, 0.05) is 11.1 Å². The summed E-state index contributed by atoms with van der Waals surface area (Å²) in [4.78, 5) is 35.0. The minimum absolute atomic E-state index is 0.369. The topological polar surface area (TPSA) is 98.8 Å². The molecule has 0 fully saturated rings. The lowest BCUT2D eigenvalue weighted by Gasteiger charge is -2.14. The average Bonchev–Trinajstić information content (AvgIpc) is 3.81. The van der Waals surface area contributed by atoms with Crippen molar-refractivity contribution in [1.82, 2.24) is 5.32 Å². The molecule has 8 bridgehead atoms. The van der Waals surface area contributed by atoms with Crippen LogP contribution in [0.4, 0.5) is 0 Å². The number of allylic oxidation sites excluding steroid dienone is 11. The molecule has 0 aromatic heterocycles. The summed E-state index contributed by atoms with van der Waals surface area (Å²) in [5, 5.41) is 12.5. The van der Waals surface area contributed by atoms with Crippen molar-refractivity contribution < 1.29 is 9.90 Å². The van der Waals surface area contributed by atoms with E-state index in [1.54, 1.807) is 0 Å². The number of fused-ring (bicyclic) bond motifs is 4. The zero-order valence-corrected chi connectivity index (χ0v) is 28.2. The minimum atomic E-state index is -0.470. The van der Waals surface area contributed by atoms with Crippen LogP contribution in [0, 0.1) is 0 Å². The van der Waals surface area contributed by atoms with E-state index < -0.39 is 6.73 Å². The molecule has 5 rings (SSSR count). The maximum atomic E-state index is 14.0. The quantitative estimate of drug-likeness (QED) is 0.245. The summed E-state index contributed by atoms with van der Waals surface area (Å²) in [6, 6.07) is 0. The van der Waals surface area contributed by atoms with Gasteiger partial charge in [-0.05, 0) is 103 Å². The fraction of sp³-hybridized carbons (Fsp3) is 0.447. The largest absolute Gasteiger partial charge is 0.376 e. The summed E-state index contributed by atoms with van der Waals surface area (Å²) in [5.74, 6) is -0.369. The molecule has 0 radical (unpaired) electrons. The van der Waals surface area contributed by atoms with Crippen LogP contribution in [-0.2, 0) is 4.79 Å². The van der Waals surface area contributed by atoms with Crippen LogP contribution in [0.25, 0.3) is 0 Å². The number of nitrogens with one attached hydrogen (secondary N) is 1. The molecule has 0 aromatic carbocycles. The molecule has 0 spiro atoms. The Balaban J connectivity index is 1.99. The third-order valence-corrected chi connectivity index (χ3v) is 9.39. The highest BCUT2D eigenvalue weighted by Gasteiger charge is 2.36. The lowest BCUT2D eigenvalue weighted by molar-refractivity contribution is -0.118. The normalized spacial score (nSPS) is 19.7. The first-order valence-corrected chi connectivity index (χ1v) is 16.9. The summed E-state index contributed by atoms with van der Waals surface area (Å²) in [7, 11) is 0. The highest BCUT2D eigenvalue weighted by atomic mass is 16.3. The molecular weight excluding hydrogens is 558 g/mol. The van der Waals surface area contributed by atoms with Gasteiger partial charge in [0.1, 0.15) is 6.73 Å². The predicted molar refractivity (Wildman–Crippen MR) is 187 cm³/mol. The molecule has 0 atom stereocenters. The van der Waals surface area contributed by atoms with Crippen LogP contribution in [0.15, 0.2) is 111 Å². The Bertz CT molecular complexity index is 1720. The van der Waals surface area contributed by atoms with Gasteiger partial charge in [-0.2, -0.15) is 0 Å². The molecular formula is C38H47N5O2. The monoisotopic (exact) mass is 605 g/mol. The summed E-state index contributed by atoms with van der Waals surface area (Å²) in [6.07, 6.45) is 12.5. The number of carbonyl (C=O) groups excluding carboxylic acids is 1. The molecule has 0 aliphatic carbocycles. The van der Waals surface area contributed by atoms with Gasteiger partial charge in [0.15, 0.2) is 0 Å². The SMILES string of the molecule is CCC1=C(CC)C2=C(C(=O)NCO)C3=NC(=C(CC)C4=NC(=C(CC)C5=NC(=CC1=N2)C=C5)C(CC)=C4CC)C(CC)=C3CC. The third-order valence-electron chi connectivity index (χ3n) is 9.39. The smallest absolute Gasteiger partial charge is 0.257 e. The Morgan fingerprint density at radius 2 is 1.07 bits per heavy atom. The first-order valence-electron chi connectivity index (χ1n) is 16.9. The van der Waals surface area contributed by atoms with E-state index in [-0.39, 0.29) is 5.91 Å². The van der Waals surface area contributed by atoms with Gasteiger partial charge in [-0.15, -0.1) is 0 Å². The second kappa shape index (κ2) is 13.6. The van der Waals surface area contributed by atoms with Gasteiger partial charge in [0.2, 0.25) is 0 Å². The molecule has 236 valence electrons. The van der Waals surface area contributed by atoms with Gasteiger partial charge in [0.25, 0.3) is 5.91 Å². The molecule has 5 aliphatic heterocycles. The maximum Gasteiger partial charge on any atom is 0.257 e. The van der Waals surface area contributed by atoms with Gasteiger partial charge in [-0.3, -0.25) is 4.79 Å². The van der Waals surface area contributed by atoms with E-state index in [9.17, 15) is 9.90 Å². The summed E-state index contributed by atoms with van der Waals surface area (Å²) in [6.45, 7) is 16.8. The van der Waals surface area contributed by atoms with Crippen molar-refractivity contribution in [2.24, 2.45) is 20.0 Å². The zero-order chi connectivity index (χ0) is 32.4. The number of hydrogen-bond acceptors (Lipinski definition) is 6. The minimum Gasteiger partial charge on any atom is -0.376 e. The van der Waals surface area contributed by atoms with E-state index in [1.165, 1.54) is 11.1 Å². The lowest BCUT2D eigenvalue weighted by Crippen LogP contribution is -2.30. The Labute approximate surface area is 268 Å². The number of hydrogen-bond donors (Lipinski definition) is 2. The molecule has 2 N–H and O–H groups in total. The standard InChI is InChI=1S/C38H47N5O2/c1-9-22-23(10-2)36-32(38(45)39-20-44)37-27(14-6)26(13-5)35(43-37)29(16-8)34-25(12-4)24(11-3)33(42-34)28(15-7)30-18-17-21(40-30)19-31(22)41-36/h17-19,44H,9-16,20H2,1-8H3,(H,39,45). The maximum absolute atomic E-state index is 14.0. The number of aliphatic hydroxyl groups is 1. The fourth-order valence-corrected chi connectivity index (χ4v) is 7.37. The number of amides is 1. The van der Waals surface area contributed by atoms with Crippen LogP contribution in [0.1, 0.15) is 107 Å². The summed E-state index contributed by atoms with van der Waals surface area (Å²) >= 11 is 0. The Hall–Kier alpha value is -3.97. The van der Waals surface area contributed by atoms with Gasteiger partial charge in [-0.1, -0.05) is 55.4 Å². The number of aliphatic imine (C=N–C) groups is 4. The molecule has 5 aliphatic rings. The van der Waals surface area contributed by atoms with E-state index in [1.807, 2.05) is 6.08 Å². The summed E-state index contributed by atoms with van der Waals surface area (Å²) in [5.41, 5.74) is 16.5. The van der Waals surface area contributed by atoms with Crippen LogP contribution in [0.3, 0.4) is 0 Å². The molecule has 5 heterocycles. The van der Waals surface area contributed by atoms with Crippen LogP contribution >= 0.6 is 0 Å². The van der Waals surface area contributed by atoms with Crippen molar-refractivity contribution in [3.63, 3.8) is 0 Å². The molecule has 0 unspecified atom stereocenters. The Morgan fingerprint density at radius 3 is 1.62 bits per heavy atom. The van der Waals surface area contributed by atoms with Gasteiger partial charge in [-0.25, -0.2) is 20.0 Å². The van der Waals surface area contributed by atoms with E-state index in [4.69, 9.17) is 20.0 Å². The molecule has 0 aromatic rings. The first-order chi connectivity index (χ1) is 21.8. The van der Waals surface area contributed by atoms with Crippen molar-refractivity contribution in [3.05, 3.63) is 91.2 Å². The van der Waals surface area contributed by atoms with Gasteiger partial charge >= 0.3 is 0 Å². The van der Waals surface area contributed by atoms with Crippen molar-refractivity contribution >= 4 is 28.8 Å². The average molecular weight is 606 g/mol. The van der Waals surface area contributed by atoms with Crippen LogP contribution < -0.4 is 5.32 Å². The second-order valence-corrected chi connectivity index (χ2v) is 11.6. The lowest BCUT2D eigenvalue weighted by atomic mass is 9.88. The number of aliphatic hydroxyl groups excluding tert-OH is 1. The van der Waals surface area contributed by atoms with E-state index >= 15 is 0 Å². The molecule has 1 amide bonds. The van der Waals surface area contributed by atoms with Gasteiger partial charge < -0.3 is 10.4 Å². The molecule has 7 heteroatoms. The van der Waals surface area contributed by atoms with Crippen molar-refractivity contribution in [2.75, 3.05) is 6.73 Å². The molecule has 45 heavy (non-hydrogen) atoms. The van der Waals surface area contributed by atoms with E-state index in [0.29, 0.717) is 29.8 Å². The highest BCUT2D eigenvalue weighted by Crippen LogP contribution is 2.43. The van der Waals surface area contributed by atoms with Crippen LogP contribution in [0.5, 0.6) is 0 Å². The molecule has 0 saturated heterocycles. The third kappa shape index (κ3) is 5.35. The van der Waals surface area contributed by atoms with E-state index in [2.05, 4.69) is 72.9 Å². The first kappa shape index (κ1) is 32.4. The number of nitrogens with zero attached hydrogens (tertiary/aromatic N) is 4. The zero-order valence-electron chi connectivity index (χ0n) is 28.2. The molecule has 7 nitrogen and oxygen atoms in total. The summed E-state index contributed by atoms with van der Waals surface area (Å²) < 4.78 is 0. The number of carbonyl (C=O) groups is 1. The fourth-order valence-electron chi connectivity index (χ4n) is 7.37. The van der Waals surface area contributed by atoms with E-state index in [0.717, 1.165) is 106 Å². The second-order valence-electron chi connectivity index (χ2n) is 11.6. The highest BCUT2D eigenvalue weighted by molar-refractivity contribution is 6.32. The number of rotatable bonds is 10. The predicted octanol–water partition coefficient (Wildman–Crippen LogP) is 8.26. The van der Waals surface area contributed by atoms with Gasteiger partial charge in [0.05, 0.1) is 51.2 Å². The van der Waals surface area contributed by atoms with Crippen molar-refractivity contribution in [3.8, 4) is 0 Å². The Kier molecular flexibility index (Phi) is 9.78. The van der Waals surface area contributed by atoms with Crippen molar-refractivity contribution in [2.45, 2.75) is 107 Å². The van der Waals surface area contributed by atoms with Crippen LogP contribution in [-0.4, -0.2) is 40.6 Å². The van der Waals surface area contributed by atoms with Crippen molar-refractivity contribution in [1.29, 1.82) is 0 Å². The van der Waals surface area contributed by atoms with Crippen LogP contribution in [0.2, 0.25) is 0 Å².